The maximum atomic E-state index is 6.05. The van der Waals surface area contributed by atoms with Crippen molar-refractivity contribution in [2.45, 2.75) is 33.7 Å². The van der Waals surface area contributed by atoms with Crippen molar-refractivity contribution in [2.24, 2.45) is 12.8 Å². The van der Waals surface area contributed by atoms with Crippen LogP contribution in [0, 0.1) is 20.8 Å². The molecule has 0 saturated heterocycles. The van der Waals surface area contributed by atoms with Crippen molar-refractivity contribution in [3.8, 4) is 0 Å². The number of aromatic nitrogens is 1. The van der Waals surface area contributed by atoms with Crippen LogP contribution in [-0.4, -0.2) is 4.57 Å². The van der Waals surface area contributed by atoms with Crippen LogP contribution in [0.2, 0.25) is 0 Å². The minimum atomic E-state index is 0.0807. The quantitative estimate of drug-likeness (QED) is 0.780. The Morgan fingerprint density at radius 2 is 1.81 bits per heavy atom. The van der Waals surface area contributed by atoms with Crippen molar-refractivity contribution in [1.29, 1.82) is 0 Å². The molecule has 2 nitrogen and oxygen atoms in total. The number of hydrogen-bond acceptors (Lipinski definition) is 1. The largest absolute Gasteiger partial charge is 0.346 e. The molecule has 0 bridgehead atoms. The van der Waals surface area contributed by atoms with Crippen molar-refractivity contribution in [2.75, 3.05) is 0 Å². The van der Waals surface area contributed by atoms with Crippen molar-refractivity contribution in [3.63, 3.8) is 0 Å². The fourth-order valence-corrected chi connectivity index (χ4v) is 2.85. The molecule has 2 aromatic rings. The van der Waals surface area contributed by atoms with Gasteiger partial charge >= 0.3 is 0 Å². The highest BCUT2D eigenvalue weighted by Crippen LogP contribution is 2.31. The molecular weight excluding hydrogens is 196 g/mol. The zero-order valence-corrected chi connectivity index (χ0v) is 10.8. The summed E-state index contributed by atoms with van der Waals surface area (Å²) in [6.45, 7) is 8.53. The predicted octanol–water partition coefficient (Wildman–Crippen LogP) is 3.12. The van der Waals surface area contributed by atoms with E-state index in [1.165, 1.54) is 33.3 Å². The van der Waals surface area contributed by atoms with E-state index in [1.807, 2.05) is 6.92 Å². The van der Waals surface area contributed by atoms with Gasteiger partial charge in [0.2, 0.25) is 0 Å². The first-order chi connectivity index (χ1) is 7.43. The molecule has 2 N–H and O–H groups in total. The topological polar surface area (TPSA) is 30.9 Å². The summed E-state index contributed by atoms with van der Waals surface area (Å²) in [6.07, 6.45) is 0. The third-order valence-corrected chi connectivity index (χ3v) is 3.37. The van der Waals surface area contributed by atoms with E-state index in [0.29, 0.717) is 0 Å². The molecule has 0 aliphatic heterocycles. The molecule has 2 rings (SSSR count). The molecule has 86 valence electrons. The van der Waals surface area contributed by atoms with E-state index >= 15 is 0 Å². The Morgan fingerprint density at radius 3 is 2.38 bits per heavy atom. The van der Waals surface area contributed by atoms with Crippen LogP contribution < -0.4 is 5.73 Å². The highest BCUT2D eigenvalue weighted by atomic mass is 15.0. The average Bonchev–Trinajstić information content (AvgIpc) is 2.38. The van der Waals surface area contributed by atoms with E-state index in [0.717, 1.165) is 0 Å². The van der Waals surface area contributed by atoms with Crippen LogP contribution in [0.3, 0.4) is 0 Å². The molecule has 1 aromatic heterocycles. The second-order valence-electron chi connectivity index (χ2n) is 4.83. The molecule has 0 radical (unpaired) electrons. The van der Waals surface area contributed by atoms with Crippen LogP contribution in [0.4, 0.5) is 0 Å². The lowest BCUT2D eigenvalue weighted by molar-refractivity contribution is 0.720. The summed E-state index contributed by atoms with van der Waals surface area (Å²) < 4.78 is 2.23. The van der Waals surface area contributed by atoms with E-state index in [1.54, 1.807) is 0 Å². The zero-order chi connectivity index (χ0) is 12.0. The highest BCUT2D eigenvalue weighted by Gasteiger charge is 2.16. The molecule has 0 amide bonds. The first-order valence-corrected chi connectivity index (χ1v) is 5.75. The van der Waals surface area contributed by atoms with Crippen LogP contribution in [-0.2, 0) is 7.05 Å². The van der Waals surface area contributed by atoms with Gasteiger partial charge in [-0.05, 0) is 50.5 Å². The lowest BCUT2D eigenvalue weighted by atomic mass is 10.0. The van der Waals surface area contributed by atoms with E-state index in [2.05, 4.69) is 44.5 Å². The van der Waals surface area contributed by atoms with Gasteiger partial charge in [-0.15, -0.1) is 0 Å². The molecular formula is C14H20N2. The molecule has 0 aliphatic rings. The monoisotopic (exact) mass is 216 g/mol. The first kappa shape index (κ1) is 11.2. The number of nitrogens with zero attached hydrogens (tertiary/aromatic N) is 1. The maximum absolute atomic E-state index is 6.05. The normalized spacial score (nSPS) is 13.4. The molecule has 0 aliphatic carbocycles. The molecule has 16 heavy (non-hydrogen) atoms. The molecule has 0 fully saturated rings. The fourth-order valence-electron chi connectivity index (χ4n) is 2.85. The molecule has 2 heteroatoms. The van der Waals surface area contributed by atoms with E-state index < -0.39 is 0 Å². The average molecular weight is 216 g/mol. The summed E-state index contributed by atoms with van der Waals surface area (Å²) in [6, 6.07) is 4.55. The highest BCUT2D eigenvalue weighted by molar-refractivity contribution is 5.89. The second kappa shape index (κ2) is 3.63. The number of rotatable bonds is 1. The molecule has 1 unspecified atom stereocenters. The van der Waals surface area contributed by atoms with Crippen LogP contribution in [0.1, 0.15) is 35.3 Å². The SMILES string of the molecule is Cc1cc(C)c2c(C)c(C(C)N)n(C)c2c1. The van der Waals surface area contributed by atoms with Crippen LogP contribution in [0.15, 0.2) is 12.1 Å². The standard InChI is InChI=1S/C14H20N2/c1-8-6-9(2)13-10(3)14(11(4)15)16(5)12(13)7-8/h6-7,11H,15H2,1-5H3. The summed E-state index contributed by atoms with van der Waals surface area (Å²) in [7, 11) is 2.10. The minimum absolute atomic E-state index is 0.0807. The van der Waals surface area contributed by atoms with Crippen molar-refractivity contribution in [1.82, 2.24) is 4.57 Å². The molecule has 1 atom stereocenters. The Morgan fingerprint density at radius 1 is 1.19 bits per heavy atom. The van der Waals surface area contributed by atoms with E-state index in [9.17, 15) is 0 Å². The summed E-state index contributed by atoms with van der Waals surface area (Å²) >= 11 is 0. The third-order valence-electron chi connectivity index (χ3n) is 3.37. The van der Waals surface area contributed by atoms with Crippen LogP contribution in [0.25, 0.3) is 10.9 Å². The lowest BCUT2D eigenvalue weighted by Gasteiger charge is -2.09. The smallest absolute Gasteiger partial charge is 0.0488 e. The molecule has 1 heterocycles. The van der Waals surface area contributed by atoms with Crippen LogP contribution in [0.5, 0.6) is 0 Å². The molecule has 0 spiro atoms. The lowest BCUT2D eigenvalue weighted by Crippen LogP contribution is -2.11. The zero-order valence-electron chi connectivity index (χ0n) is 10.8. The van der Waals surface area contributed by atoms with Gasteiger partial charge in [0.25, 0.3) is 0 Å². The molecule has 1 aromatic carbocycles. The summed E-state index contributed by atoms with van der Waals surface area (Å²) in [5.41, 5.74) is 12.6. The van der Waals surface area contributed by atoms with Gasteiger partial charge in [0, 0.05) is 29.7 Å². The van der Waals surface area contributed by atoms with E-state index in [-0.39, 0.29) is 6.04 Å². The number of nitrogens with two attached hydrogens (primary N) is 1. The van der Waals surface area contributed by atoms with Gasteiger partial charge in [0.15, 0.2) is 0 Å². The fraction of sp³-hybridized carbons (Fsp3) is 0.429. The number of aryl methyl sites for hydroxylation is 4. The van der Waals surface area contributed by atoms with Gasteiger partial charge in [-0.2, -0.15) is 0 Å². The maximum Gasteiger partial charge on any atom is 0.0488 e. The van der Waals surface area contributed by atoms with Gasteiger partial charge < -0.3 is 10.3 Å². The summed E-state index contributed by atoms with van der Waals surface area (Å²) in [4.78, 5) is 0. The Balaban J connectivity index is 2.93. The van der Waals surface area contributed by atoms with E-state index in [4.69, 9.17) is 5.73 Å². The first-order valence-electron chi connectivity index (χ1n) is 5.75. The van der Waals surface area contributed by atoms with Gasteiger partial charge in [0.05, 0.1) is 0 Å². The third kappa shape index (κ3) is 1.45. The van der Waals surface area contributed by atoms with Crippen molar-refractivity contribution < 1.29 is 0 Å². The van der Waals surface area contributed by atoms with Gasteiger partial charge in [0.1, 0.15) is 0 Å². The summed E-state index contributed by atoms with van der Waals surface area (Å²) in [5, 5.41) is 1.36. The predicted molar refractivity (Wildman–Crippen MR) is 69.7 cm³/mol. The Labute approximate surface area is 97.1 Å². The van der Waals surface area contributed by atoms with Crippen molar-refractivity contribution >= 4 is 10.9 Å². The Hall–Kier alpha value is -1.28. The Bertz CT molecular complexity index is 548. The summed E-state index contributed by atoms with van der Waals surface area (Å²) in [5.74, 6) is 0. The Kier molecular flexibility index (Phi) is 2.55. The number of hydrogen-bond donors (Lipinski definition) is 1. The van der Waals surface area contributed by atoms with Gasteiger partial charge in [-0.1, -0.05) is 6.07 Å². The second-order valence-corrected chi connectivity index (χ2v) is 4.83. The number of fused-ring (bicyclic) bond motifs is 1. The van der Waals surface area contributed by atoms with Gasteiger partial charge in [-0.25, -0.2) is 0 Å². The van der Waals surface area contributed by atoms with Gasteiger partial charge in [-0.3, -0.25) is 0 Å². The van der Waals surface area contributed by atoms with Crippen molar-refractivity contribution in [3.05, 3.63) is 34.5 Å². The van der Waals surface area contributed by atoms with Crippen LogP contribution >= 0.6 is 0 Å². The number of benzene rings is 1. The molecule has 0 saturated carbocycles. The minimum Gasteiger partial charge on any atom is -0.346 e.